The molecule has 3 aromatic rings. The maximum atomic E-state index is 12.6. The van der Waals surface area contributed by atoms with Crippen molar-refractivity contribution in [2.24, 2.45) is 0 Å². The van der Waals surface area contributed by atoms with Crippen molar-refractivity contribution in [3.8, 4) is 5.75 Å². The lowest BCUT2D eigenvalue weighted by Crippen LogP contribution is -2.15. The third-order valence-corrected chi connectivity index (χ3v) is 3.27. The van der Waals surface area contributed by atoms with Crippen LogP contribution in [0.4, 0.5) is 11.5 Å². The maximum Gasteiger partial charge on any atom is 0.263 e. The van der Waals surface area contributed by atoms with Gasteiger partial charge in [-0.1, -0.05) is 11.6 Å². The van der Waals surface area contributed by atoms with Crippen LogP contribution in [0.15, 0.2) is 30.9 Å². The number of nitrogens with zero attached hydrogens (tertiary/aromatic N) is 4. The van der Waals surface area contributed by atoms with Crippen LogP contribution in [0.2, 0.25) is 5.02 Å². The molecule has 3 rings (SSSR count). The molecule has 0 aliphatic carbocycles. The van der Waals surface area contributed by atoms with Crippen molar-refractivity contribution in [2.75, 3.05) is 24.3 Å². The molecule has 0 radical (unpaired) electrons. The maximum absolute atomic E-state index is 12.6. The predicted octanol–water partition coefficient (Wildman–Crippen LogP) is 0.983. The van der Waals surface area contributed by atoms with Gasteiger partial charge in [0, 0.05) is 18.5 Å². The van der Waals surface area contributed by atoms with Gasteiger partial charge in [-0.2, -0.15) is 0 Å². The lowest BCUT2D eigenvalue weighted by molar-refractivity contribution is 0.102. The monoisotopic (exact) mass is 348 g/mol. The van der Waals surface area contributed by atoms with Crippen LogP contribution in [0.3, 0.4) is 0 Å². The number of halogens is 1. The highest BCUT2D eigenvalue weighted by molar-refractivity contribution is 6.30. The first-order chi connectivity index (χ1) is 11.6. The lowest BCUT2D eigenvalue weighted by Gasteiger charge is -2.10. The number of hydrogen-bond donors (Lipinski definition) is 3. The van der Waals surface area contributed by atoms with Gasteiger partial charge in [0.2, 0.25) is 0 Å². The van der Waals surface area contributed by atoms with Crippen LogP contribution in [0, 0.1) is 0 Å². The van der Waals surface area contributed by atoms with Gasteiger partial charge in [-0.25, -0.2) is 9.50 Å². The van der Waals surface area contributed by atoms with Crippen LogP contribution in [0.25, 0.3) is 5.65 Å². The Morgan fingerprint density at radius 3 is 3.08 bits per heavy atom. The topological polar surface area (TPSA) is 128 Å². The highest BCUT2D eigenvalue weighted by Gasteiger charge is 2.20. The number of ether oxygens (including phenoxy) is 1. The highest BCUT2D eigenvalue weighted by atomic mass is 35.5. The fraction of sp³-hybridized carbons (Fsp3) is 0.143. The van der Waals surface area contributed by atoms with Gasteiger partial charge >= 0.3 is 0 Å². The third kappa shape index (κ3) is 3.07. The Kier molecular flexibility index (Phi) is 4.45. The molecule has 124 valence electrons. The molecule has 3 heterocycles. The zero-order valence-corrected chi connectivity index (χ0v) is 13.1. The number of anilines is 2. The fourth-order valence-corrected chi connectivity index (χ4v) is 2.23. The zero-order valence-electron chi connectivity index (χ0n) is 12.3. The number of carbonyl (C=O) groups excluding carboxylic acids is 1. The SMILES string of the molecule is Nc1nn2cc(Cl)cnc2c1C(=O)Nc1cnccc1OCCO. The van der Waals surface area contributed by atoms with Crippen molar-refractivity contribution in [3.63, 3.8) is 0 Å². The van der Waals surface area contributed by atoms with E-state index in [4.69, 9.17) is 27.2 Å². The van der Waals surface area contributed by atoms with Crippen LogP contribution < -0.4 is 15.8 Å². The van der Waals surface area contributed by atoms with Crippen LogP contribution in [-0.4, -0.2) is 43.8 Å². The second kappa shape index (κ2) is 6.69. The minimum Gasteiger partial charge on any atom is -0.489 e. The Morgan fingerprint density at radius 1 is 1.46 bits per heavy atom. The molecule has 1 amide bonds. The molecule has 4 N–H and O–H groups in total. The standard InChI is InChI=1S/C14H13ClN6O3/c15-8-5-18-13-11(12(16)20-21(13)7-8)14(23)19-9-6-17-2-1-10(9)24-4-3-22/h1-2,5-7,22H,3-4H2,(H2,16,20)(H,19,23). The first kappa shape index (κ1) is 16.0. The number of aliphatic hydroxyl groups excluding tert-OH is 1. The smallest absolute Gasteiger partial charge is 0.263 e. The van der Waals surface area contributed by atoms with E-state index in [0.717, 1.165) is 0 Å². The minimum atomic E-state index is -0.515. The summed E-state index contributed by atoms with van der Waals surface area (Å²) in [5.74, 6) is -0.124. The number of nitrogens with one attached hydrogen (secondary N) is 1. The number of rotatable bonds is 5. The van der Waals surface area contributed by atoms with Crippen LogP contribution in [-0.2, 0) is 0 Å². The van der Waals surface area contributed by atoms with Crippen molar-refractivity contribution < 1.29 is 14.6 Å². The van der Waals surface area contributed by atoms with E-state index in [1.807, 2.05) is 0 Å². The van der Waals surface area contributed by atoms with Gasteiger partial charge in [0.1, 0.15) is 23.6 Å². The van der Waals surface area contributed by atoms with Gasteiger partial charge in [0.25, 0.3) is 5.91 Å². The van der Waals surface area contributed by atoms with Gasteiger partial charge in [0.05, 0.1) is 24.0 Å². The summed E-state index contributed by atoms with van der Waals surface area (Å²) in [5, 5.41) is 15.9. The normalized spacial score (nSPS) is 10.8. The summed E-state index contributed by atoms with van der Waals surface area (Å²) in [6.45, 7) is -0.0623. The van der Waals surface area contributed by atoms with Crippen molar-refractivity contribution in [1.82, 2.24) is 19.6 Å². The molecule has 0 fully saturated rings. The predicted molar refractivity (Wildman–Crippen MR) is 87.2 cm³/mol. The van der Waals surface area contributed by atoms with Crippen LogP contribution >= 0.6 is 11.6 Å². The number of amides is 1. The third-order valence-electron chi connectivity index (χ3n) is 3.07. The molecule has 0 saturated carbocycles. The van der Waals surface area contributed by atoms with Crippen molar-refractivity contribution in [3.05, 3.63) is 41.4 Å². The molecule has 10 heteroatoms. The summed E-state index contributed by atoms with van der Waals surface area (Å²) in [7, 11) is 0. The lowest BCUT2D eigenvalue weighted by atomic mass is 10.2. The number of nitrogen functional groups attached to an aromatic ring is 1. The van der Waals surface area contributed by atoms with E-state index in [-0.39, 0.29) is 30.2 Å². The number of nitrogens with two attached hydrogens (primary N) is 1. The van der Waals surface area contributed by atoms with Crippen LogP contribution in [0.5, 0.6) is 5.75 Å². The Hall–Kier alpha value is -2.91. The van der Waals surface area contributed by atoms with Crippen molar-refractivity contribution in [2.45, 2.75) is 0 Å². The first-order valence-electron chi connectivity index (χ1n) is 6.88. The summed E-state index contributed by atoms with van der Waals surface area (Å²) in [5.41, 5.74) is 6.55. The number of aromatic nitrogens is 4. The summed E-state index contributed by atoms with van der Waals surface area (Å²) >= 11 is 5.85. The van der Waals surface area contributed by atoms with Crippen LogP contribution in [0.1, 0.15) is 10.4 Å². The number of pyridine rings is 1. The van der Waals surface area contributed by atoms with E-state index in [0.29, 0.717) is 16.5 Å². The van der Waals surface area contributed by atoms with E-state index in [9.17, 15) is 4.79 Å². The molecule has 3 aromatic heterocycles. The molecule has 24 heavy (non-hydrogen) atoms. The van der Waals surface area contributed by atoms with Gasteiger partial charge in [-0.3, -0.25) is 9.78 Å². The minimum absolute atomic E-state index is 0.0176. The van der Waals surface area contributed by atoms with Gasteiger partial charge < -0.3 is 20.9 Å². The van der Waals surface area contributed by atoms with Crippen molar-refractivity contribution in [1.29, 1.82) is 0 Å². The largest absolute Gasteiger partial charge is 0.489 e. The van der Waals surface area contributed by atoms with E-state index in [2.05, 4.69) is 20.4 Å². The molecule has 0 aliphatic heterocycles. The molecular weight excluding hydrogens is 336 g/mol. The Morgan fingerprint density at radius 2 is 2.29 bits per heavy atom. The summed E-state index contributed by atoms with van der Waals surface area (Å²) in [6.07, 6.45) is 5.83. The summed E-state index contributed by atoms with van der Waals surface area (Å²) in [4.78, 5) is 20.6. The van der Waals surface area contributed by atoms with Gasteiger partial charge in [0.15, 0.2) is 11.5 Å². The average molecular weight is 349 g/mol. The van der Waals surface area contributed by atoms with E-state index in [1.54, 1.807) is 6.07 Å². The Labute approximate surface area is 141 Å². The Bertz CT molecular complexity index is 897. The molecule has 0 atom stereocenters. The average Bonchev–Trinajstić information content (AvgIpc) is 2.89. The van der Waals surface area contributed by atoms with E-state index >= 15 is 0 Å². The molecule has 0 spiro atoms. The number of aliphatic hydroxyl groups is 1. The number of hydrogen-bond acceptors (Lipinski definition) is 7. The number of carbonyl (C=O) groups is 1. The number of fused-ring (bicyclic) bond motifs is 1. The second-order valence-electron chi connectivity index (χ2n) is 4.70. The molecule has 0 aliphatic rings. The van der Waals surface area contributed by atoms with E-state index < -0.39 is 5.91 Å². The van der Waals surface area contributed by atoms with Gasteiger partial charge in [-0.05, 0) is 0 Å². The fourth-order valence-electron chi connectivity index (χ4n) is 2.09. The first-order valence-corrected chi connectivity index (χ1v) is 7.26. The molecule has 0 aromatic carbocycles. The van der Waals surface area contributed by atoms with E-state index in [1.165, 1.54) is 29.3 Å². The zero-order chi connectivity index (χ0) is 17.1. The quantitative estimate of drug-likeness (QED) is 0.627. The van der Waals surface area contributed by atoms with Gasteiger partial charge in [-0.15, -0.1) is 5.10 Å². The highest BCUT2D eigenvalue weighted by Crippen LogP contribution is 2.25. The van der Waals surface area contributed by atoms with Crippen molar-refractivity contribution >= 4 is 34.7 Å². The molecule has 0 bridgehead atoms. The molecule has 9 nitrogen and oxygen atoms in total. The molecule has 0 unspecified atom stereocenters. The molecule has 0 saturated heterocycles. The summed E-state index contributed by atoms with van der Waals surface area (Å²) < 4.78 is 6.68. The Balaban J connectivity index is 1.92. The second-order valence-corrected chi connectivity index (χ2v) is 5.14. The molecular formula is C14H13ClN6O3. The summed E-state index contributed by atoms with van der Waals surface area (Å²) in [6, 6.07) is 1.57.